The van der Waals surface area contributed by atoms with E-state index in [4.69, 9.17) is 21.6 Å². The first-order chi connectivity index (χ1) is 13.0. The first-order valence-corrected chi connectivity index (χ1v) is 8.68. The molecule has 0 radical (unpaired) electrons. The molecule has 1 aromatic heterocycles. The molecule has 136 valence electrons. The van der Waals surface area contributed by atoms with Crippen molar-refractivity contribution in [1.29, 1.82) is 5.41 Å². The van der Waals surface area contributed by atoms with Crippen molar-refractivity contribution >= 4 is 48.2 Å². The number of anilines is 2. The maximum atomic E-state index is 12.2. The molecule has 3 rings (SSSR count). The van der Waals surface area contributed by atoms with Gasteiger partial charge in [-0.15, -0.1) is 0 Å². The molecule has 0 aliphatic rings. The number of aromatic nitrogens is 2. The van der Waals surface area contributed by atoms with E-state index in [1.165, 1.54) is 0 Å². The van der Waals surface area contributed by atoms with E-state index < -0.39 is 0 Å². The SMILES string of the molecule is Bc1cccc(NC(=N)c2nonc2NC(=O)CCc2cccc(Cl)c2)c1. The van der Waals surface area contributed by atoms with E-state index >= 15 is 0 Å². The van der Waals surface area contributed by atoms with Crippen molar-refractivity contribution in [3.63, 3.8) is 0 Å². The summed E-state index contributed by atoms with van der Waals surface area (Å²) in [6.07, 6.45) is 0.775. The maximum Gasteiger partial charge on any atom is 0.226 e. The van der Waals surface area contributed by atoms with Crippen molar-refractivity contribution in [3.05, 3.63) is 64.8 Å². The van der Waals surface area contributed by atoms with Crippen LogP contribution in [0.2, 0.25) is 5.02 Å². The lowest BCUT2D eigenvalue weighted by atomic mass is 9.96. The van der Waals surface area contributed by atoms with Crippen molar-refractivity contribution in [2.45, 2.75) is 12.8 Å². The molecular weight excluding hydrogens is 364 g/mol. The minimum Gasteiger partial charge on any atom is -0.339 e. The Kier molecular flexibility index (Phi) is 5.88. The lowest BCUT2D eigenvalue weighted by Crippen LogP contribution is -2.19. The Labute approximate surface area is 162 Å². The lowest BCUT2D eigenvalue weighted by molar-refractivity contribution is -0.116. The van der Waals surface area contributed by atoms with Crippen molar-refractivity contribution in [1.82, 2.24) is 10.3 Å². The third-order valence-electron chi connectivity index (χ3n) is 3.80. The third-order valence-corrected chi connectivity index (χ3v) is 4.04. The van der Waals surface area contributed by atoms with E-state index in [1.54, 1.807) is 6.07 Å². The van der Waals surface area contributed by atoms with E-state index in [2.05, 4.69) is 20.9 Å². The van der Waals surface area contributed by atoms with Gasteiger partial charge < -0.3 is 10.6 Å². The second kappa shape index (κ2) is 8.50. The van der Waals surface area contributed by atoms with Crippen molar-refractivity contribution < 1.29 is 9.42 Å². The van der Waals surface area contributed by atoms with Gasteiger partial charge in [-0.2, -0.15) is 0 Å². The van der Waals surface area contributed by atoms with Gasteiger partial charge in [-0.3, -0.25) is 10.2 Å². The molecule has 3 aromatic rings. The lowest BCUT2D eigenvalue weighted by Gasteiger charge is -2.08. The minimum absolute atomic E-state index is 0.0213. The first kappa shape index (κ1) is 18.7. The van der Waals surface area contributed by atoms with Crippen LogP contribution >= 0.6 is 11.6 Å². The van der Waals surface area contributed by atoms with Gasteiger partial charge in [0.1, 0.15) is 7.85 Å². The summed E-state index contributed by atoms with van der Waals surface area (Å²) in [5.74, 6) is -0.168. The molecule has 0 spiro atoms. The molecule has 0 unspecified atom stereocenters. The standard InChI is InChI=1S/C18H17BClN5O2/c19-12-4-2-6-14(10-12)22-17(21)16-18(25-27-24-16)23-15(26)8-7-11-3-1-5-13(20)9-11/h1-6,9-10H,7-8,19H2,(H2,21,22)(H,23,25,26). The second-order valence-electron chi connectivity index (χ2n) is 6.01. The molecule has 9 heteroatoms. The molecule has 7 nitrogen and oxygen atoms in total. The maximum absolute atomic E-state index is 12.2. The van der Waals surface area contributed by atoms with Gasteiger partial charge in [-0.1, -0.05) is 41.3 Å². The zero-order chi connectivity index (χ0) is 19.2. The number of aryl methyl sites for hydroxylation is 1. The Morgan fingerprint density at radius 2 is 1.96 bits per heavy atom. The Morgan fingerprint density at radius 1 is 1.15 bits per heavy atom. The number of amidine groups is 1. The summed E-state index contributed by atoms with van der Waals surface area (Å²) in [5, 5.41) is 21.7. The van der Waals surface area contributed by atoms with Crippen LogP contribution in [0.25, 0.3) is 0 Å². The van der Waals surface area contributed by atoms with E-state index in [1.807, 2.05) is 50.3 Å². The summed E-state index contributed by atoms with van der Waals surface area (Å²) >= 11 is 5.95. The predicted molar refractivity (Wildman–Crippen MR) is 108 cm³/mol. The zero-order valence-corrected chi connectivity index (χ0v) is 15.4. The average molecular weight is 382 g/mol. The van der Waals surface area contributed by atoms with Crippen LogP contribution in [0.1, 0.15) is 17.7 Å². The van der Waals surface area contributed by atoms with Crippen LogP contribution in [0, 0.1) is 5.41 Å². The highest BCUT2D eigenvalue weighted by Gasteiger charge is 2.17. The van der Waals surface area contributed by atoms with Gasteiger partial charge in [0, 0.05) is 17.1 Å². The molecule has 0 aliphatic heterocycles. The Balaban J connectivity index is 1.60. The van der Waals surface area contributed by atoms with Gasteiger partial charge in [-0.05, 0) is 46.6 Å². The molecule has 0 atom stereocenters. The Bertz CT molecular complexity index is 976. The van der Waals surface area contributed by atoms with Crippen LogP contribution in [0.4, 0.5) is 11.5 Å². The molecule has 1 amide bonds. The monoisotopic (exact) mass is 381 g/mol. The number of nitrogens with zero attached hydrogens (tertiary/aromatic N) is 2. The fourth-order valence-electron chi connectivity index (χ4n) is 2.51. The van der Waals surface area contributed by atoms with Gasteiger partial charge in [0.05, 0.1) is 0 Å². The highest BCUT2D eigenvalue weighted by molar-refractivity contribution is 6.32. The fraction of sp³-hybridized carbons (Fsp3) is 0.111. The fourth-order valence-corrected chi connectivity index (χ4v) is 2.72. The summed E-state index contributed by atoms with van der Waals surface area (Å²) in [6, 6.07) is 14.9. The summed E-state index contributed by atoms with van der Waals surface area (Å²) in [4.78, 5) is 12.2. The number of benzene rings is 2. The summed E-state index contributed by atoms with van der Waals surface area (Å²) in [5.41, 5.74) is 2.89. The first-order valence-electron chi connectivity index (χ1n) is 8.31. The number of rotatable bonds is 6. The van der Waals surface area contributed by atoms with E-state index in [9.17, 15) is 4.79 Å². The Hall–Kier alpha value is -3.13. The van der Waals surface area contributed by atoms with Crippen LogP contribution < -0.4 is 16.1 Å². The van der Waals surface area contributed by atoms with E-state index in [-0.39, 0.29) is 29.7 Å². The summed E-state index contributed by atoms with van der Waals surface area (Å²) < 4.78 is 4.69. The molecule has 2 aromatic carbocycles. The highest BCUT2D eigenvalue weighted by Crippen LogP contribution is 2.15. The number of hydrogen-bond donors (Lipinski definition) is 3. The normalized spacial score (nSPS) is 10.4. The zero-order valence-electron chi connectivity index (χ0n) is 14.6. The number of carbonyl (C=O) groups is 1. The van der Waals surface area contributed by atoms with Crippen LogP contribution in [0.3, 0.4) is 0 Å². The van der Waals surface area contributed by atoms with Gasteiger partial charge in [0.25, 0.3) is 0 Å². The summed E-state index contributed by atoms with van der Waals surface area (Å²) in [6.45, 7) is 0. The average Bonchev–Trinajstić information content (AvgIpc) is 3.08. The molecule has 27 heavy (non-hydrogen) atoms. The summed E-state index contributed by atoms with van der Waals surface area (Å²) in [7, 11) is 1.96. The quantitative estimate of drug-likeness (QED) is 0.344. The number of nitrogens with one attached hydrogen (secondary N) is 3. The van der Waals surface area contributed by atoms with Crippen molar-refractivity contribution in [2.24, 2.45) is 0 Å². The van der Waals surface area contributed by atoms with Gasteiger partial charge in [0.15, 0.2) is 11.5 Å². The minimum atomic E-state index is -0.254. The Morgan fingerprint density at radius 3 is 2.74 bits per heavy atom. The van der Waals surface area contributed by atoms with Crippen molar-refractivity contribution in [3.8, 4) is 0 Å². The largest absolute Gasteiger partial charge is 0.339 e. The van der Waals surface area contributed by atoms with Crippen LogP contribution in [-0.2, 0) is 11.2 Å². The van der Waals surface area contributed by atoms with E-state index in [0.29, 0.717) is 11.4 Å². The topological polar surface area (TPSA) is 104 Å². The molecular formula is C18H17BClN5O2. The molecule has 0 bridgehead atoms. The number of hydrogen-bond acceptors (Lipinski definition) is 5. The van der Waals surface area contributed by atoms with Crippen LogP contribution in [-0.4, -0.2) is 29.9 Å². The van der Waals surface area contributed by atoms with Crippen molar-refractivity contribution in [2.75, 3.05) is 10.6 Å². The van der Waals surface area contributed by atoms with Crippen LogP contribution in [0.5, 0.6) is 0 Å². The van der Waals surface area contributed by atoms with E-state index in [0.717, 1.165) is 16.7 Å². The molecule has 0 saturated carbocycles. The van der Waals surface area contributed by atoms with Crippen LogP contribution in [0.15, 0.2) is 53.2 Å². The number of halogens is 1. The van der Waals surface area contributed by atoms with Gasteiger partial charge in [-0.25, -0.2) is 4.63 Å². The van der Waals surface area contributed by atoms with Gasteiger partial charge in [0.2, 0.25) is 11.7 Å². The molecule has 0 saturated heterocycles. The second-order valence-corrected chi connectivity index (χ2v) is 6.45. The van der Waals surface area contributed by atoms with Gasteiger partial charge >= 0.3 is 0 Å². The predicted octanol–water partition coefficient (Wildman–Crippen LogP) is 1.99. The molecule has 0 aliphatic carbocycles. The number of carbonyl (C=O) groups excluding carboxylic acids is 1. The number of amides is 1. The smallest absolute Gasteiger partial charge is 0.226 e. The molecule has 0 fully saturated rings. The molecule has 3 N–H and O–H groups in total. The molecule has 1 heterocycles. The highest BCUT2D eigenvalue weighted by atomic mass is 35.5. The third kappa shape index (κ3) is 5.18.